The van der Waals surface area contributed by atoms with Crippen LogP contribution in [0.15, 0.2) is 0 Å². The van der Waals surface area contributed by atoms with Crippen molar-refractivity contribution in [3.05, 3.63) is 0 Å². The Labute approximate surface area is 108 Å². The van der Waals surface area contributed by atoms with Crippen molar-refractivity contribution in [1.82, 2.24) is 4.90 Å². The second-order valence-corrected chi connectivity index (χ2v) is 6.26. The number of aliphatic carboxylic acids is 1. The van der Waals surface area contributed by atoms with Gasteiger partial charge in [0.25, 0.3) is 0 Å². The molecule has 0 radical (unpaired) electrons. The van der Waals surface area contributed by atoms with Crippen LogP contribution in [0, 0.1) is 17.3 Å². The number of carbonyl (C=O) groups is 2. The van der Waals surface area contributed by atoms with Crippen LogP contribution in [0.5, 0.6) is 0 Å². The minimum Gasteiger partial charge on any atom is -0.480 e. The zero-order valence-electron chi connectivity index (χ0n) is 11.5. The molecule has 0 aromatic carbocycles. The molecule has 1 amide bonds. The molecule has 1 heterocycles. The average molecular weight is 253 g/mol. The lowest BCUT2D eigenvalue weighted by atomic mass is 9.67. The highest BCUT2D eigenvalue weighted by molar-refractivity contribution is 6.03. The summed E-state index contributed by atoms with van der Waals surface area (Å²) in [5.74, 6) is -0.168. The molecule has 1 aliphatic heterocycles. The van der Waals surface area contributed by atoms with Crippen molar-refractivity contribution in [2.45, 2.75) is 52.5 Å². The first kappa shape index (κ1) is 13.4. The SMILES string of the molecule is CC1CC(C)C(C)N(C(=O)C2(C(=O)O)CCC2)C1. The van der Waals surface area contributed by atoms with Crippen molar-refractivity contribution >= 4 is 11.9 Å². The number of rotatable bonds is 2. The van der Waals surface area contributed by atoms with Gasteiger partial charge in [0.15, 0.2) is 0 Å². The van der Waals surface area contributed by atoms with Crippen molar-refractivity contribution in [1.29, 1.82) is 0 Å². The van der Waals surface area contributed by atoms with Gasteiger partial charge in [-0.2, -0.15) is 0 Å². The Balaban J connectivity index is 2.19. The molecule has 0 aromatic rings. The van der Waals surface area contributed by atoms with E-state index < -0.39 is 11.4 Å². The maximum absolute atomic E-state index is 12.6. The maximum Gasteiger partial charge on any atom is 0.319 e. The number of nitrogens with zero attached hydrogens (tertiary/aromatic N) is 1. The standard InChI is InChI=1S/C14H23NO3/c1-9-7-10(2)11(3)15(8-9)12(16)14(13(17)18)5-4-6-14/h9-11H,4-8H2,1-3H3,(H,17,18). The predicted molar refractivity (Wildman–Crippen MR) is 68.0 cm³/mol. The van der Waals surface area contributed by atoms with Crippen LogP contribution in [-0.2, 0) is 9.59 Å². The molecule has 3 unspecified atom stereocenters. The molecule has 1 saturated carbocycles. The van der Waals surface area contributed by atoms with E-state index in [0.29, 0.717) is 31.2 Å². The molecule has 2 rings (SSSR count). The van der Waals surface area contributed by atoms with Crippen LogP contribution in [-0.4, -0.2) is 34.5 Å². The van der Waals surface area contributed by atoms with E-state index in [9.17, 15) is 14.7 Å². The number of piperidine rings is 1. The molecule has 18 heavy (non-hydrogen) atoms. The Bertz CT molecular complexity index is 362. The first-order valence-corrected chi connectivity index (χ1v) is 6.93. The van der Waals surface area contributed by atoms with Crippen LogP contribution in [0.1, 0.15) is 46.5 Å². The van der Waals surface area contributed by atoms with Crippen LogP contribution in [0.2, 0.25) is 0 Å². The predicted octanol–water partition coefficient (Wildman–Crippen LogP) is 2.13. The van der Waals surface area contributed by atoms with E-state index >= 15 is 0 Å². The second kappa shape index (κ2) is 4.56. The lowest BCUT2D eigenvalue weighted by Gasteiger charge is -2.47. The second-order valence-electron chi connectivity index (χ2n) is 6.26. The molecule has 1 N–H and O–H groups in total. The number of hydrogen-bond donors (Lipinski definition) is 1. The zero-order valence-corrected chi connectivity index (χ0v) is 11.5. The highest BCUT2D eigenvalue weighted by Crippen LogP contribution is 2.44. The molecule has 0 bridgehead atoms. The Morgan fingerprint density at radius 1 is 1.22 bits per heavy atom. The summed E-state index contributed by atoms with van der Waals surface area (Å²) in [5, 5.41) is 9.36. The molecule has 1 saturated heterocycles. The van der Waals surface area contributed by atoms with Crippen molar-refractivity contribution in [2.75, 3.05) is 6.54 Å². The van der Waals surface area contributed by atoms with E-state index in [4.69, 9.17) is 0 Å². The third kappa shape index (κ3) is 1.91. The van der Waals surface area contributed by atoms with Gasteiger partial charge in [-0.15, -0.1) is 0 Å². The quantitative estimate of drug-likeness (QED) is 0.767. The van der Waals surface area contributed by atoms with Crippen LogP contribution < -0.4 is 0 Å². The smallest absolute Gasteiger partial charge is 0.319 e. The largest absolute Gasteiger partial charge is 0.480 e. The summed E-state index contributed by atoms with van der Waals surface area (Å²) in [5.41, 5.74) is -1.11. The van der Waals surface area contributed by atoms with Crippen LogP contribution >= 0.6 is 0 Å². The normalized spacial score (nSPS) is 34.8. The van der Waals surface area contributed by atoms with Gasteiger partial charge in [0.2, 0.25) is 5.91 Å². The third-order valence-electron chi connectivity index (χ3n) is 4.88. The van der Waals surface area contributed by atoms with E-state index in [2.05, 4.69) is 13.8 Å². The van der Waals surface area contributed by atoms with Gasteiger partial charge in [-0.05, 0) is 38.0 Å². The topological polar surface area (TPSA) is 57.6 Å². The van der Waals surface area contributed by atoms with Gasteiger partial charge >= 0.3 is 5.97 Å². The summed E-state index contributed by atoms with van der Waals surface area (Å²) < 4.78 is 0. The van der Waals surface area contributed by atoms with E-state index in [1.165, 1.54) is 0 Å². The van der Waals surface area contributed by atoms with Gasteiger partial charge in [-0.25, -0.2) is 0 Å². The molecule has 0 aromatic heterocycles. The van der Waals surface area contributed by atoms with Gasteiger partial charge in [0, 0.05) is 12.6 Å². The Morgan fingerprint density at radius 3 is 2.28 bits per heavy atom. The minimum absolute atomic E-state index is 0.146. The summed E-state index contributed by atoms with van der Waals surface area (Å²) in [6.07, 6.45) is 2.98. The fourth-order valence-corrected chi connectivity index (χ4v) is 3.31. The number of carbonyl (C=O) groups excluding carboxylic acids is 1. The Hall–Kier alpha value is -1.06. The van der Waals surface area contributed by atoms with Crippen molar-refractivity contribution in [3.8, 4) is 0 Å². The van der Waals surface area contributed by atoms with Gasteiger partial charge in [-0.1, -0.05) is 20.3 Å². The number of hydrogen-bond acceptors (Lipinski definition) is 2. The summed E-state index contributed by atoms with van der Waals surface area (Å²) in [6, 6.07) is 0.158. The van der Waals surface area contributed by atoms with Crippen LogP contribution in [0.3, 0.4) is 0 Å². The molecule has 0 spiro atoms. The first-order chi connectivity index (χ1) is 8.38. The Kier molecular flexibility index (Phi) is 3.39. The molecule has 1 aliphatic carbocycles. The number of likely N-dealkylation sites (tertiary alicyclic amines) is 1. The molecule has 4 heteroatoms. The van der Waals surface area contributed by atoms with Crippen LogP contribution in [0.25, 0.3) is 0 Å². The maximum atomic E-state index is 12.6. The van der Waals surface area contributed by atoms with Crippen molar-refractivity contribution in [2.24, 2.45) is 17.3 Å². The Morgan fingerprint density at radius 2 is 1.83 bits per heavy atom. The van der Waals surface area contributed by atoms with E-state index in [1.54, 1.807) is 0 Å². The molecule has 2 fully saturated rings. The first-order valence-electron chi connectivity index (χ1n) is 6.93. The molecular formula is C14H23NO3. The number of carboxylic acids is 1. The molecular weight excluding hydrogens is 230 g/mol. The molecule has 2 aliphatic rings. The average Bonchev–Trinajstić information content (AvgIpc) is 2.20. The highest BCUT2D eigenvalue weighted by Gasteiger charge is 2.54. The minimum atomic E-state index is -1.11. The van der Waals surface area contributed by atoms with Crippen molar-refractivity contribution < 1.29 is 14.7 Å². The van der Waals surface area contributed by atoms with E-state index in [-0.39, 0.29) is 11.9 Å². The van der Waals surface area contributed by atoms with Gasteiger partial charge in [0.05, 0.1) is 0 Å². The van der Waals surface area contributed by atoms with Crippen molar-refractivity contribution in [3.63, 3.8) is 0 Å². The molecule has 102 valence electrons. The highest BCUT2D eigenvalue weighted by atomic mass is 16.4. The fourth-order valence-electron chi connectivity index (χ4n) is 3.31. The molecule has 3 atom stereocenters. The van der Waals surface area contributed by atoms with E-state index in [1.807, 2.05) is 11.8 Å². The lowest BCUT2D eigenvalue weighted by Crippen LogP contribution is -2.58. The lowest BCUT2D eigenvalue weighted by molar-refractivity contribution is -0.170. The summed E-state index contributed by atoms with van der Waals surface area (Å²) in [7, 11) is 0. The van der Waals surface area contributed by atoms with Gasteiger partial charge in [-0.3, -0.25) is 9.59 Å². The zero-order chi connectivity index (χ0) is 13.5. The fraction of sp³-hybridized carbons (Fsp3) is 0.857. The number of amides is 1. The summed E-state index contributed by atoms with van der Waals surface area (Å²) in [6.45, 7) is 7.04. The van der Waals surface area contributed by atoms with Crippen LogP contribution in [0.4, 0.5) is 0 Å². The third-order valence-corrected chi connectivity index (χ3v) is 4.88. The monoisotopic (exact) mass is 253 g/mol. The van der Waals surface area contributed by atoms with Gasteiger partial charge < -0.3 is 10.0 Å². The molecule has 4 nitrogen and oxygen atoms in total. The van der Waals surface area contributed by atoms with E-state index in [0.717, 1.165) is 12.8 Å². The summed E-state index contributed by atoms with van der Waals surface area (Å²) in [4.78, 5) is 25.8. The van der Waals surface area contributed by atoms with Gasteiger partial charge in [0.1, 0.15) is 5.41 Å². The summed E-state index contributed by atoms with van der Waals surface area (Å²) >= 11 is 0. The number of carboxylic acid groups (broad SMARTS) is 1.